The molecular weight excluding hydrogens is 234 g/mol. The van der Waals surface area contributed by atoms with Gasteiger partial charge >= 0.3 is 0 Å². The van der Waals surface area contributed by atoms with E-state index in [9.17, 15) is 14.4 Å². The zero-order chi connectivity index (χ0) is 13.5. The summed E-state index contributed by atoms with van der Waals surface area (Å²) in [7, 11) is 0. The maximum absolute atomic E-state index is 12.1. The van der Waals surface area contributed by atoms with Crippen LogP contribution in [0.4, 0.5) is 0 Å². The van der Waals surface area contributed by atoms with Crippen LogP contribution in [0.3, 0.4) is 0 Å². The Hall–Kier alpha value is -2.11. The van der Waals surface area contributed by atoms with Gasteiger partial charge in [0.25, 0.3) is 5.91 Å². The summed E-state index contributed by atoms with van der Waals surface area (Å²) < 4.78 is 0. The van der Waals surface area contributed by atoms with Crippen LogP contribution < -0.4 is 11.3 Å². The number of primary amides is 1. The molecule has 0 aromatic carbocycles. The van der Waals surface area contributed by atoms with E-state index >= 15 is 0 Å². The van der Waals surface area contributed by atoms with E-state index in [4.69, 9.17) is 5.73 Å². The normalized spacial score (nSPS) is 10.1. The molecule has 18 heavy (non-hydrogen) atoms. The molecule has 1 aromatic heterocycles. The Morgan fingerprint density at radius 1 is 1.44 bits per heavy atom. The van der Waals surface area contributed by atoms with Crippen LogP contribution in [0.15, 0.2) is 23.1 Å². The fourth-order valence-electron chi connectivity index (χ4n) is 1.55. The monoisotopic (exact) mass is 251 g/mol. The number of hydrogen-bond acceptors (Lipinski definition) is 3. The summed E-state index contributed by atoms with van der Waals surface area (Å²) in [6, 6.07) is 2.71. The van der Waals surface area contributed by atoms with Crippen LogP contribution in [0.25, 0.3) is 0 Å². The van der Waals surface area contributed by atoms with Crippen LogP contribution in [0.2, 0.25) is 0 Å². The van der Waals surface area contributed by atoms with Crippen molar-refractivity contribution >= 4 is 11.8 Å². The van der Waals surface area contributed by atoms with Crippen LogP contribution in [-0.4, -0.2) is 34.8 Å². The second-order valence-electron chi connectivity index (χ2n) is 3.99. The first-order chi connectivity index (χ1) is 8.54. The van der Waals surface area contributed by atoms with Gasteiger partial charge in [-0.3, -0.25) is 14.4 Å². The lowest BCUT2D eigenvalue weighted by Gasteiger charge is -2.20. The number of carbonyl (C=O) groups is 2. The first kappa shape index (κ1) is 14.0. The van der Waals surface area contributed by atoms with Gasteiger partial charge in [-0.25, -0.2) is 0 Å². The number of rotatable bonds is 6. The topological polar surface area (TPSA) is 96.3 Å². The molecule has 1 aromatic rings. The number of hydrogen-bond donors (Lipinski definition) is 2. The van der Waals surface area contributed by atoms with Crippen LogP contribution in [0.5, 0.6) is 0 Å². The van der Waals surface area contributed by atoms with Gasteiger partial charge < -0.3 is 15.6 Å². The highest BCUT2D eigenvalue weighted by molar-refractivity contribution is 5.96. The van der Waals surface area contributed by atoms with Crippen molar-refractivity contribution in [1.82, 2.24) is 9.88 Å². The Morgan fingerprint density at radius 2 is 2.17 bits per heavy atom. The van der Waals surface area contributed by atoms with E-state index in [0.717, 1.165) is 12.8 Å². The van der Waals surface area contributed by atoms with Crippen molar-refractivity contribution in [2.75, 3.05) is 13.1 Å². The Kier molecular flexibility index (Phi) is 5.10. The fraction of sp³-hybridized carbons (Fsp3) is 0.417. The van der Waals surface area contributed by atoms with E-state index in [2.05, 4.69) is 4.98 Å². The van der Waals surface area contributed by atoms with Crippen molar-refractivity contribution in [3.05, 3.63) is 34.2 Å². The molecule has 0 aliphatic rings. The zero-order valence-corrected chi connectivity index (χ0v) is 10.3. The second kappa shape index (κ2) is 6.58. The molecule has 0 aliphatic carbocycles. The minimum absolute atomic E-state index is 0.133. The second-order valence-corrected chi connectivity index (χ2v) is 3.99. The summed E-state index contributed by atoms with van der Waals surface area (Å²) in [6.45, 7) is 2.30. The molecule has 6 heteroatoms. The number of unbranched alkanes of at least 4 members (excludes halogenated alkanes) is 1. The summed E-state index contributed by atoms with van der Waals surface area (Å²) in [5.41, 5.74) is 5.02. The van der Waals surface area contributed by atoms with Crippen molar-refractivity contribution in [2.45, 2.75) is 19.8 Å². The van der Waals surface area contributed by atoms with Crippen molar-refractivity contribution < 1.29 is 9.59 Å². The maximum atomic E-state index is 12.1. The lowest BCUT2D eigenvalue weighted by molar-refractivity contribution is -0.118. The Balaban J connectivity index is 2.87. The number of carbonyl (C=O) groups excluding carboxylic acids is 2. The summed E-state index contributed by atoms with van der Waals surface area (Å²) in [6.07, 6.45) is 3.08. The van der Waals surface area contributed by atoms with E-state index in [1.807, 2.05) is 6.92 Å². The molecule has 0 aliphatic heterocycles. The molecule has 2 amide bonds. The molecule has 3 N–H and O–H groups in total. The van der Waals surface area contributed by atoms with E-state index in [0.29, 0.717) is 6.54 Å². The highest BCUT2D eigenvalue weighted by Gasteiger charge is 2.17. The smallest absolute Gasteiger partial charge is 0.254 e. The number of nitrogens with one attached hydrogen (secondary N) is 1. The van der Waals surface area contributed by atoms with Gasteiger partial charge in [-0.2, -0.15) is 0 Å². The van der Waals surface area contributed by atoms with Crippen LogP contribution in [0, 0.1) is 0 Å². The summed E-state index contributed by atoms with van der Waals surface area (Å²) >= 11 is 0. The van der Waals surface area contributed by atoms with Gasteiger partial charge in [-0.05, 0) is 12.5 Å². The van der Waals surface area contributed by atoms with E-state index in [-0.39, 0.29) is 23.6 Å². The van der Waals surface area contributed by atoms with Gasteiger partial charge in [0.2, 0.25) is 11.5 Å². The van der Waals surface area contributed by atoms with E-state index in [1.165, 1.54) is 23.2 Å². The number of amides is 2. The highest BCUT2D eigenvalue weighted by atomic mass is 16.2. The quantitative estimate of drug-likeness (QED) is 0.750. The lowest BCUT2D eigenvalue weighted by Crippen LogP contribution is -2.39. The third-order valence-electron chi connectivity index (χ3n) is 2.44. The molecule has 0 saturated heterocycles. The predicted octanol–water partition coefficient (Wildman–Crippen LogP) is 0.103. The molecular formula is C12H17N3O3. The SMILES string of the molecule is CCCCN(CC(N)=O)C(=O)c1cc[nH]c(=O)c1. The van der Waals surface area contributed by atoms with Gasteiger partial charge in [0.15, 0.2) is 0 Å². The zero-order valence-electron chi connectivity index (χ0n) is 10.3. The van der Waals surface area contributed by atoms with Crippen molar-refractivity contribution in [1.29, 1.82) is 0 Å². The van der Waals surface area contributed by atoms with Crippen molar-refractivity contribution in [3.8, 4) is 0 Å². The maximum Gasteiger partial charge on any atom is 0.254 e. The largest absolute Gasteiger partial charge is 0.368 e. The minimum atomic E-state index is -0.565. The molecule has 98 valence electrons. The molecule has 1 heterocycles. The molecule has 0 atom stereocenters. The average molecular weight is 251 g/mol. The van der Waals surface area contributed by atoms with Crippen molar-refractivity contribution in [3.63, 3.8) is 0 Å². The third kappa shape index (κ3) is 4.04. The Bertz CT molecular complexity index is 481. The first-order valence-corrected chi connectivity index (χ1v) is 5.81. The number of H-pyrrole nitrogens is 1. The van der Waals surface area contributed by atoms with E-state index < -0.39 is 5.91 Å². The van der Waals surface area contributed by atoms with E-state index in [1.54, 1.807) is 0 Å². The summed E-state index contributed by atoms with van der Waals surface area (Å²) in [4.78, 5) is 38.0. The summed E-state index contributed by atoms with van der Waals surface area (Å²) in [5, 5.41) is 0. The average Bonchev–Trinajstić information content (AvgIpc) is 2.33. The fourth-order valence-corrected chi connectivity index (χ4v) is 1.55. The predicted molar refractivity (Wildman–Crippen MR) is 67.1 cm³/mol. The van der Waals surface area contributed by atoms with Crippen LogP contribution >= 0.6 is 0 Å². The first-order valence-electron chi connectivity index (χ1n) is 5.81. The molecule has 1 rings (SSSR count). The molecule has 0 bridgehead atoms. The molecule has 6 nitrogen and oxygen atoms in total. The third-order valence-corrected chi connectivity index (χ3v) is 2.44. The number of pyridine rings is 1. The summed E-state index contributed by atoms with van der Waals surface area (Å²) in [5.74, 6) is -0.919. The Labute approximate surface area is 105 Å². The standard InChI is InChI=1S/C12H17N3O3/c1-2-3-6-15(8-10(13)16)12(18)9-4-5-14-11(17)7-9/h4-5,7H,2-3,6,8H2,1H3,(H2,13,16)(H,14,17). The molecule has 0 spiro atoms. The number of aromatic nitrogens is 1. The van der Waals surface area contributed by atoms with Crippen LogP contribution in [-0.2, 0) is 4.79 Å². The number of nitrogens with two attached hydrogens (primary N) is 1. The molecule has 0 saturated carbocycles. The van der Waals surface area contributed by atoms with Crippen LogP contribution in [0.1, 0.15) is 30.1 Å². The number of aromatic amines is 1. The lowest BCUT2D eigenvalue weighted by atomic mass is 10.2. The molecule has 0 unspecified atom stereocenters. The van der Waals surface area contributed by atoms with Gasteiger partial charge in [-0.15, -0.1) is 0 Å². The van der Waals surface area contributed by atoms with Gasteiger partial charge in [0.1, 0.15) is 0 Å². The van der Waals surface area contributed by atoms with Gasteiger partial charge in [0.05, 0.1) is 6.54 Å². The minimum Gasteiger partial charge on any atom is -0.368 e. The molecule has 0 radical (unpaired) electrons. The Morgan fingerprint density at radius 3 is 2.72 bits per heavy atom. The van der Waals surface area contributed by atoms with Gasteiger partial charge in [0, 0.05) is 24.4 Å². The number of nitrogens with zero attached hydrogens (tertiary/aromatic N) is 1. The van der Waals surface area contributed by atoms with Gasteiger partial charge in [-0.1, -0.05) is 13.3 Å². The molecule has 0 fully saturated rings. The van der Waals surface area contributed by atoms with Crippen molar-refractivity contribution in [2.24, 2.45) is 5.73 Å². The highest BCUT2D eigenvalue weighted by Crippen LogP contribution is 2.03.